The molecule has 0 atom stereocenters. The molecule has 1 aromatic carbocycles. The summed E-state index contributed by atoms with van der Waals surface area (Å²) in [7, 11) is -2.61. The summed E-state index contributed by atoms with van der Waals surface area (Å²) in [6.07, 6.45) is 7.70. The van der Waals surface area contributed by atoms with Crippen LogP contribution >= 0.6 is 19.0 Å². The molecule has 0 bridgehead atoms. The molecule has 114 valence electrons. The summed E-state index contributed by atoms with van der Waals surface area (Å²) >= 11 is 6.11. The van der Waals surface area contributed by atoms with Gasteiger partial charge in [-0.15, -0.1) is 0 Å². The maximum atomic E-state index is 13.0. The lowest BCUT2D eigenvalue weighted by Crippen LogP contribution is -2.03. The Bertz CT molecular complexity index is 420. The standard InChI is InChI=1S/C16H26ClO2P/c1-3-5-9-13-20(18,14-10-6-4-2)19-16-12-8-7-11-15(16)17/h7-8,11-12H,3-6,9-10,13-14H2,1-2H3. The van der Waals surface area contributed by atoms with Gasteiger partial charge in [-0.25, -0.2) is 0 Å². The number of rotatable bonds is 10. The van der Waals surface area contributed by atoms with Gasteiger partial charge < -0.3 is 4.52 Å². The number of para-hydroxylation sites is 1. The van der Waals surface area contributed by atoms with Crippen LogP contribution in [0.2, 0.25) is 5.02 Å². The van der Waals surface area contributed by atoms with Crippen molar-refractivity contribution in [2.24, 2.45) is 0 Å². The van der Waals surface area contributed by atoms with Gasteiger partial charge in [-0.2, -0.15) is 0 Å². The summed E-state index contributed by atoms with van der Waals surface area (Å²) in [5, 5.41) is 0.540. The van der Waals surface area contributed by atoms with Crippen LogP contribution in [0.3, 0.4) is 0 Å². The Kier molecular flexibility index (Phi) is 8.33. The fraction of sp³-hybridized carbons (Fsp3) is 0.625. The van der Waals surface area contributed by atoms with E-state index in [1.807, 2.05) is 12.1 Å². The smallest absolute Gasteiger partial charge is 0.248 e. The Morgan fingerprint density at radius 3 is 2.05 bits per heavy atom. The zero-order valence-corrected chi connectivity index (χ0v) is 14.3. The molecule has 0 aliphatic carbocycles. The van der Waals surface area contributed by atoms with Crippen molar-refractivity contribution in [2.75, 3.05) is 12.3 Å². The molecule has 20 heavy (non-hydrogen) atoms. The Balaban J connectivity index is 2.70. The van der Waals surface area contributed by atoms with Crippen molar-refractivity contribution < 1.29 is 9.09 Å². The fourth-order valence-electron chi connectivity index (χ4n) is 2.11. The molecule has 0 spiro atoms. The maximum Gasteiger partial charge on any atom is 0.248 e. The van der Waals surface area contributed by atoms with Gasteiger partial charge in [0, 0.05) is 12.3 Å². The summed E-state index contributed by atoms with van der Waals surface area (Å²) in [5.41, 5.74) is 0. The lowest BCUT2D eigenvalue weighted by atomic mass is 10.3. The molecule has 1 rings (SSSR count). The van der Waals surface area contributed by atoms with Gasteiger partial charge in [0.05, 0.1) is 5.02 Å². The molecular formula is C16H26ClO2P. The molecule has 1 aromatic rings. The second-order valence-electron chi connectivity index (χ2n) is 5.20. The monoisotopic (exact) mass is 316 g/mol. The average Bonchev–Trinajstić information content (AvgIpc) is 2.42. The van der Waals surface area contributed by atoms with E-state index in [4.69, 9.17) is 16.1 Å². The van der Waals surface area contributed by atoms with Crippen molar-refractivity contribution in [3.05, 3.63) is 29.3 Å². The molecule has 0 saturated heterocycles. The third kappa shape index (κ3) is 6.33. The molecular weight excluding hydrogens is 291 g/mol. The van der Waals surface area contributed by atoms with Crippen molar-refractivity contribution in [1.29, 1.82) is 0 Å². The molecule has 0 saturated carbocycles. The van der Waals surface area contributed by atoms with E-state index in [0.29, 0.717) is 23.1 Å². The Hall–Kier alpha value is -0.460. The van der Waals surface area contributed by atoms with Gasteiger partial charge in [0.25, 0.3) is 0 Å². The van der Waals surface area contributed by atoms with Gasteiger partial charge in [-0.1, -0.05) is 63.3 Å². The number of benzene rings is 1. The highest BCUT2D eigenvalue weighted by atomic mass is 35.5. The molecule has 0 aromatic heterocycles. The summed E-state index contributed by atoms with van der Waals surface area (Å²) in [6.45, 7) is 4.30. The van der Waals surface area contributed by atoms with Crippen molar-refractivity contribution in [2.45, 2.75) is 52.4 Å². The van der Waals surface area contributed by atoms with E-state index >= 15 is 0 Å². The molecule has 0 amide bonds. The van der Waals surface area contributed by atoms with Crippen molar-refractivity contribution in [1.82, 2.24) is 0 Å². The number of hydrogen-bond acceptors (Lipinski definition) is 2. The van der Waals surface area contributed by atoms with E-state index in [0.717, 1.165) is 38.5 Å². The highest BCUT2D eigenvalue weighted by Crippen LogP contribution is 2.50. The largest absolute Gasteiger partial charge is 0.441 e. The fourth-order valence-corrected chi connectivity index (χ4v) is 4.67. The Morgan fingerprint density at radius 1 is 1.00 bits per heavy atom. The first-order valence-corrected chi connectivity index (χ1v) is 10.0. The van der Waals surface area contributed by atoms with E-state index in [-0.39, 0.29) is 0 Å². The first-order valence-electron chi connectivity index (χ1n) is 7.63. The minimum atomic E-state index is -2.61. The zero-order chi connectivity index (χ0) is 14.8. The quantitative estimate of drug-likeness (QED) is 0.370. The number of hydrogen-bond donors (Lipinski definition) is 0. The normalized spacial score (nSPS) is 11.6. The average molecular weight is 317 g/mol. The van der Waals surface area contributed by atoms with E-state index < -0.39 is 7.37 Å². The van der Waals surface area contributed by atoms with Crippen LogP contribution < -0.4 is 4.52 Å². The zero-order valence-electron chi connectivity index (χ0n) is 12.6. The first kappa shape index (κ1) is 17.6. The van der Waals surface area contributed by atoms with Crippen LogP contribution in [0.15, 0.2) is 24.3 Å². The maximum absolute atomic E-state index is 13.0. The molecule has 2 nitrogen and oxygen atoms in total. The van der Waals surface area contributed by atoms with Gasteiger partial charge in [-0.3, -0.25) is 4.57 Å². The topological polar surface area (TPSA) is 26.3 Å². The SMILES string of the molecule is CCCCCP(=O)(CCCCC)Oc1ccccc1Cl. The minimum absolute atomic E-state index is 0.540. The van der Waals surface area contributed by atoms with Crippen LogP contribution in [-0.2, 0) is 4.57 Å². The van der Waals surface area contributed by atoms with Crippen molar-refractivity contribution in [3.8, 4) is 5.75 Å². The number of unbranched alkanes of at least 4 members (excludes halogenated alkanes) is 4. The first-order chi connectivity index (χ1) is 9.61. The summed E-state index contributed by atoms with van der Waals surface area (Å²) in [4.78, 5) is 0. The molecule has 0 heterocycles. The molecule has 0 aliphatic heterocycles. The van der Waals surface area contributed by atoms with Gasteiger partial charge in [0.15, 0.2) is 0 Å². The summed E-state index contributed by atoms with van der Waals surface area (Å²) < 4.78 is 18.9. The molecule has 4 heteroatoms. The van der Waals surface area contributed by atoms with Gasteiger partial charge in [-0.05, 0) is 25.0 Å². The molecule has 0 radical (unpaired) electrons. The lowest BCUT2D eigenvalue weighted by molar-refractivity contribution is 0.475. The van der Waals surface area contributed by atoms with E-state index in [1.54, 1.807) is 12.1 Å². The predicted molar refractivity (Wildman–Crippen MR) is 88.5 cm³/mol. The Morgan fingerprint density at radius 2 is 1.55 bits per heavy atom. The predicted octanol–water partition coefficient (Wildman–Crippen LogP) is 6.38. The minimum Gasteiger partial charge on any atom is -0.441 e. The summed E-state index contributed by atoms with van der Waals surface area (Å²) in [5.74, 6) is 0.561. The van der Waals surface area contributed by atoms with Crippen LogP contribution in [0.1, 0.15) is 52.4 Å². The third-order valence-corrected chi connectivity index (χ3v) is 6.14. The van der Waals surface area contributed by atoms with Crippen molar-refractivity contribution in [3.63, 3.8) is 0 Å². The van der Waals surface area contributed by atoms with E-state index in [2.05, 4.69) is 13.8 Å². The van der Waals surface area contributed by atoms with Crippen LogP contribution in [0.4, 0.5) is 0 Å². The molecule has 0 aliphatic rings. The van der Waals surface area contributed by atoms with Gasteiger partial charge in [0.1, 0.15) is 5.75 Å². The van der Waals surface area contributed by atoms with Gasteiger partial charge in [0.2, 0.25) is 7.37 Å². The molecule has 0 unspecified atom stereocenters. The highest BCUT2D eigenvalue weighted by molar-refractivity contribution is 7.59. The summed E-state index contributed by atoms with van der Waals surface area (Å²) in [6, 6.07) is 7.30. The molecule has 0 N–H and O–H groups in total. The Labute approximate surface area is 128 Å². The van der Waals surface area contributed by atoms with Gasteiger partial charge >= 0.3 is 0 Å². The van der Waals surface area contributed by atoms with E-state index in [9.17, 15) is 4.57 Å². The second-order valence-corrected chi connectivity index (χ2v) is 8.31. The lowest BCUT2D eigenvalue weighted by Gasteiger charge is -2.20. The third-order valence-electron chi connectivity index (χ3n) is 3.31. The highest BCUT2D eigenvalue weighted by Gasteiger charge is 2.24. The molecule has 0 fully saturated rings. The van der Waals surface area contributed by atoms with Crippen LogP contribution in [0, 0.1) is 0 Å². The van der Waals surface area contributed by atoms with Crippen LogP contribution in [0.25, 0.3) is 0 Å². The van der Waals surface area contributed by atoms with Crippen LogP contribution in [-0.4, -0.2) is 12.3 Å². The van der Waals surface area contributed by atoms with E-state index in [1.165, 1.54) is 0 Å². The van der Waals surface area contributed by atoms with Crippen molar-refractivity contribution >= 4 is 19.0 Å². The second kappa shape index (κ2) is 9.47. The number of halogens is 1. The van der Waals surface area contributed by atoms with Crippen LogP contribution in [0.5, 0.6) is 5.75 Å².